The van der Waals surface area contributed by atoms with Gasteiger partial charge < -0.3 is 16.0 Å². The van der Waals surface area contributed by atoms with Gasteiger partial charge in [0.1, 0.15) is 17.5 Å². The van der Waals surface area contributed by atoms with Crippen LogP contribution in [0.3, 0.4) is 0 Å². The van der Waals surface area contributed by atoms with Crippen LogP contribution in [-0.2, 0) is 5.41 Å². The zero-order valence-electron chi connectivity index (χ0n) is 13.0. The van der Waals surface area contributed by atoms with Gasteiger partial charge in [0.05, 0.1) is 0 Å². The summed E-state index contributed by atoms with van der Waals surface area (Å²) in [4.78, 5) is 11.2. The maximum atomic E-state index is 5.97. The van der Waals surface area contributed by atoms with Gasteiger partial charge in [0, 0.05) is 17.5 Å². The molecule has 0 saturated heterocycles. The quantitative estimate of drug-likeness (QED) is 0.797. The van der Waals surface area contributed by atoms with Gasteiger partial charge >= 0.3 is 0 Å². The highest BCUT2D eigenvalue weighted by Gasteiger charge is 2.20. The van der Waals surface area contributed by atoms with Crippen LogP contribution in [0.25, 0.3) is 0 Å². The van der Waals surface area contributed by atoms with Crippen molar-refractivity contribution in [1.82, 2.24) is 14.9 Å². The highest BCUT2D eigenvalue weighted by atomic mass is 15.1. The van der Waals surface area contributed by atoms with E-state index in [1.54, 1.807) is 0 Å². The van der Waals surface area contributed by atoms with Crippen molar-refractivity contribution in [3.05, 3.63) is 11.4 Å². The molecule has 0 bridgehead atoms. The molecule has 108 valence electrons. The van der Waals surface area contributed by atoms with E-state index in [0.717, 1.165) is 36.7 Å². The minimum Gasteiger partial charge on any atom is -0.383 e. The SMILES string of the molecule is Cc1c(N)nc(C(C)(C)C)nc1NCCCN(C)C. The van der Waals surface area contributed by atoms with Gasteiger partial charge in [-0.25, -0.2) is 9.97 Å². The van der Waals surface area contributed by atoms with Crippen LogP contribution in [0.2, 0.25) is 0 Å². The first kappa shape index (κ1) is 15.7. The number of nitrogens with zero attached hydrogens (tertiary/aromatic N) is 3. The Bertz CT molecular complexity index is 421. The van der Waals surface area contributed by atoms with Gasteiger partial charge in [-0.05, 0) is 34.0 Å². The molecule has 5 nitrogen and oxygen atoms in total. The fourth-order valence-electron chi connectivity index (χ4n) is 1.64. The van der Waals surface area contributed by atoms with Crippen LogP contribution in [0.5, 0.6) is 0 Å². The lowest BCUT2D eigenvalue weighted by Gasteiger charge is -2.20. The molecule has 0 atom stereocenters. The molecule has 0 aliphatic carbocycles. The molecule has 19 heavy (non-hydrogen) atoms. The zero-order chi connectivity index (χ0) is 14.6. The second-order valence-corrected chi connectivity index (χ2v) is 6.24. The summed E-state index contributed by atoms with van der Waals surface area (Å²) >= 11 is 0. The molecular weight excluding hydrogens is 238 g/mol. The fraction of sp³-hybridized carbons (Fsp3) is 0.714. The molecule has 0 radical (unpaired) electrons. The number of hydrogen-bond donors (Lipinski definition) is 2. The smallest absolute Gasteiger partial charge is 0.138 e. The number of nitrogens with two attached hydrogens (primary N) is 1. The Morgan fingerprint density at radius 3 is 2.37 bits per heavy atom. The van der Waals surface area contributed by atoms with E-state index in [0.29, 0.717) is 5.82 Å². The van der Waals surface area contributed by atoms with Crippen LogP contribution in [0.4, 0.5) is 11.6 Å². The van der Waals surface area contributed by atoms with E-state index in [1.165, 1.54) is 0 Å². The predicted molar refractivity (Wildman–Crippen MR) is 81.5 cm³/mol. The summed E-state index contributed by atoms with van der Waals surface area (Å²) in [7, 11) is 4.15. The summed E-state index contributed by atoms with van der Waals surface area (Å²) in [5, 5.41) is 3.36. The lowest BCUT2D eigenvalue weighted by Crippen LogP contribution is -2.21. The Labute approximate surface area is 116 Å². The molecule has 1 aromatic rings. The molecule has 1 aromatic heterocycles. The van der Waals surface area contributed by atoms with E-state index in [9.17, 15) is 0 Å². The fourth-order valence-corrected chi connectivity index (χ4v) is 1.64. The summed E-state index contributed by atoms with van der Waals surface area (Å²) in [6, 6.07) is 0. The van der Waals surface area contributed by atoms with Gasteiger partial charge in [0.15, 0.2) is 0 Å². The average molecular weight is 265 g/mol. The molecule has 3 N–H and O–H groups in total. The van der Waals surface area contributed by atoms with Gasteiger partial charge in [-0.2, -0.15) is 0 Å². The number of nitrogen functional groups attached to an aromatic ring is 1. The van der Waals surface area contributed by atoms with Crippen molar-refractivity contribution in [3.63, 3.8) is 0 Å². The zero-order valence-corrected chi connectivity index (χ0v) is 13.0. The molecule has 0 spiro atoms. The van der Waals surface area contributed by atoms with Crippen molar-refractivity contribution in [2.24, 2.45) is 0 Å². The van der Waals surface area contributed by atoms with Crippen molar-refractivity contribution in [2.45, 2.75) is 39.5 Å². The lowest BCUT2D eigenvalue weighted by atomic mass is 9.95. The van der Waals surface area contributed by atoms with E-state index in [-0.39, 0.29) is 5.41 Å². The molecular formula is C14H27N5. The van der Waals surface area contributed by atoms with E-state index in [1.807, 2.05) is 6.92 Å². The van der Waals surface area contributed by atoms with E-state index in [2.05, 4.69) is 55.1 Å². The molecule has 0 aliphatic heterocycles. The first-order valence-corrected chi connectivity index (χ1v) is 6.75. The number of anilines is 2. The van der Waals surface area contributed by atoms with Crippen LogP contribution in [0.15, 0.2) is 0 Å². The highest BCUT2D eigenvalue weighted by molar-refractivity contribution is 5.55. The largest absolute Gasteiger partial charge is 0.383 e. The molecule has 1 rings (SSSR count). The van der Waals surface area contributed by atoms with E-state index < -0.39 is 0 Å². The Morgan fingerprint density at radius 2 is 1.84 bits per heavy atom. The van der Waals surface area contributed by atoms with Gasteiger partial charge in [-0.3, -0.25) is 0 Å². The van der Waals surface area contributed by atoms with E-state index >= 15 is 0 Å². The minimum absolute atomic E-state index is 0.0954. The topological polar surface area (TPSA) is 67.1 Å². The number of hydrogen-bond acceptors (Lipinski definition) is 5. The van der Waals surface area contributed by atoms with Crippen LogP contribution >= 0.6 is 0 Å². The average Bonchev–Trinajstić information content (AvgIpc) is 2.27. The third-order valence-electron chi connectivity index (χ3n) is 2.93. The minimum atomic E-state index is -0.0954. The van der Waals surface area contributed by atoms with Crippen molar-refractivity contribution < 1.29 is 0 Å². The first-order chi connectivity index (χ1) is 8.71. The van der Waals surface area contributed by atoms with E-state index in [4.69, 9.17) is 5.73 Å². The lowest BCUT2D eigenvalue weighted by molar-refractivity contribution is 0.405. The van der Waals surface area contributed by atoms with Crippen molar-refractivity contribution in [1.29, 1.82) is 0 Å². The Kier molecular flexibility index (Phi) is 5.11. The van der Waals surface area contributed by atoms with Crippen LogP contribution < -0.4 is 11.1 Å². The third-order valence-corrected chi connectivity index (χ3v) is 2.93. The summed E-state index contributed by atoms with van der Waals surface area (Å²) in [5.41, 5.74) is 6.80. The van der Waals surface area contributed by atoms with Gasteiger partial charge in [-0.15, -0.1) is 0 Å². The number of rotatable bonds is 5. The van der Waals surface area contributed by atoms with Crippen molar-refractivity contribution in [2.75, 3.05) is 38.2 Å². The normalized spacial score (nSPS) is 11.9. The Morgan fingerprint density at radius 1 is 1.21 bits per heavy atom. The standard InChI is InChI=1S/C14H27N5/c1-10-11(15)17-13(14(2,3)4)18-12(10)16-8-7-9-19(5)6/h7-9H2,1-6H3,(H3,15,16,17,18). The maximum Gasteiger partial charge on any atom is 0.138 e. The highest BCUT2D eigenvalue weighted by Crippen LogP contribution is 2.24. The predicted octanol–water partition coefficient (Wildman–Crippen LogP) is 2.03. The summed E-state index contributed by atoms with van der Waals surface area (Å²) in [6.07, 6.45) is 1.07. The molecule has 0 fully saturated rings. The number of nitrogens with one attached hydrogen (secondary N) is 1. The maximum absolute atomic E-state index is 5.97. The molecule has 0 unspecified atom stereocenters. The second kappa shape index (κ2) is 6.19. The van der Waals surface area contributed by atoms with Gasteiger partial charge in [0.25, 0.3) is 0 Å². The third kappa shape index (κ3) is 4.67. The second-order valence-electron chi connectivity index (χ2n) is 6.24. The van der Waals surface area contributed by atoms with Crippen LogP contribution in [0, 0.1) is 6.92 Å². The molecule has 0 saturated carbocycles. The van der Waals surface area contributed by atoms with Gasteiger partial charge in [-0.1, -0.05) is 20.8 Å². The monoisotopic (exact) mass is 265 g/mol. The summed E-state index contributed by atoms with van der Waals surface area (Å²) < 4.78 is 0. The van der Waals surface area contributed by atoms with Crippen molar-refractivity contribution >= 4 is 11.6 Å². The number of aromatic nitrogens is 2. The summed E-state index contributed by atoms with van der Waals surface area (Å²) in [6.45, 7) is 10.2. The van der Waals surface area contributed by atoms with Crippen LogP contribution in [0.1, 0.15) is 38.6 Å². The Balaban J connectivity index is 2.79. The molecule has 1 heterocycles. The summed E-state index contributed by atoms with van der Waals surface area (Å²) in [5.74, 6) is 2.21. The first-order valence-electron chi connectivity index (χ1n) is 6.75. The van der Waals surface area contributed by atoms with Crippen LogP contribution in [-0.4, -0.2) is 42.1 Å². The Hall–Kier alpha value is -1.36. The molecule has 0 aromatic carbocycles. The van der Waals surface area contributed by atoms with Crippen molar-refractivity contribution in [3.8, 4) is 0 Å². The van der Waals surface area contributed by atoms with Gasteiger partial charge in [0.2, 0.25) is 0 Å². The molecule has 0 amide bonds. The molecule has 5 heteroatoms. The molecule has 0 aliphatic rings.